The molecule has 0 fully saturated rings. The third kappa shape index (κ3) is 5.74. The Bertz CT molecular complexity index is 2510. The summed E-state index contributed by atoms with van der Waals surface area (Å²) in [7, 11) is 0. The lowest BCUT2D eigenvalue weighted by molar-refractivity contribution is 0.729. The molecular formula is C44H33N5S. The standard InChI is InChI=1S/C44H33N5S/c1-28-22-24-31(25-23-28)42-47-41(30-14-6-3-7-15-30)48-44(49-42)35-19-11-18-34(27-35)43-45-38(40-39(46-43)36-20-8-9-21-37(36)50-40)33-17-10-16-32(26-33)29-12-4-2-5-13-29/h2-22,24-28,44H,23H2,1H3,(H,47,48,49). The van der Waals surface area contributed by atoms with Crippen LogP contribution in [-0.4, -0.2) is 21.6 Å². The summed E-state index contributed by atoms with van der Waals surface area (Å²) in [6.07, 6.45) is 7.24. The topological polar surface area (TPSA) is 62.5 Å². The quantitative estimate of drug-likeness (QED) is 0.193. The SMILES string of the molecule is CC1C=CC(C2=NC(c3cccc(-c4nc(-c5cccc(-c6ccccc6)c5)c5sc6ccccc6c5n4)c3)N=C(c3ccccc3)N2)=CC1. The van der Waals surface area contributed by atoms with Gasteiger partial charge in [-0.05, 0) is 47.2 Å². The second-order valence-corrected chi connectivity index (χ2v) is 13.8. The van der Waals surface area contributed by atoms with Crippen molar-refractivity contribution in [3.05, 3.63) is 168 Å². The number of rotatable bonds is 6. The molecule has 1 aliphatic carbocycles. The Morgan fingerprint density at radius 3 is 2.16 bits per heavy atom. The highest BCUT2D eigenvalue weighted by Crippen LogP contribution is 2.40. The van der Waals surface area contributed by atoms with Gasteiger partial charge in [0.25, 0.3) is 0 Å². The summed E-state index contributed by atoms with van der Waals surface area (Å²) < 4.78 is 2.28. The van der Waals surface area contributed by atoms with Crippen molar-refractivity contribution >= 4 is 43.3 Å². The highest BCUT2D eigenvalue weighted by atomic mass is 32.1. The second kappa shape index (κ2) is 12.8. The van der Waals surface area contributed by atoms with Crippen molar-refractivity contribution in [2.24, 2.45) is 15.9 Å². The third-order valence-electron chi connectivity index (χ3n) is 9.28. The monoisotopic (exact) mass is 663 g/mol. The Kier molecular flexibility index (Phi) is 7.71. The molecule has 3 heterocycles. The van der Waals surface area contributed by atoms with Gasteiger partial charge in [-0.15, -0.1) is 11.3 Å². The number of aliphatic imine (C=N–C) groups is 2. The predicted molar refractivity (Wildman–Crippen MR) is 209 cm³/mol. The Labute approximate surface area is 295 Å². The van der Waals surface area contributed by atoms with Gasteiger partial charge in [-0.1, -0.05) is 140 Å². The second-order valence-electron chi connectivity index (χ2n) is 12.8. The summed E-state index contributed by atoms with van der Waals surface area (Å²) in [6.45, 7) is 2.23. The molecule has 1 aliphatic heterocycles. The van der Waals surface area contributed by atoms with E-state index in [1.54, 1.807) is 11.3 Å². The highest BCUT2D eigenvalue weighted by molar-refractivity contribution is 7.26. The van der Waals surface area contributed by atoms with E-state index in [0.717, 1.165) is 72.8 Å². The lowest BCUT2D eigenvalue weighted by Crippen LogP contribution is -2.36. The number of hydrogen-bond donors (Lipinski definition) is 1. The molecule has 2 atom stereocenters. The van der Waals surface area contributed by atoms with Gasteiger partial charge >= 0.3 is 0 Å². The molecule has 9 rings (SSSR count). The molecule has 50 heavy (non-hydrogen) atoms. The summed E-state index contributed by atoms with van der Waals surface area (Å²) in [6, 6.07) is 46.3. The molecule has 2 unspecified atom stereocenters. The van der Waals surface area contributed by atoms with E-state index in [2.05, 4.69) is 140 Å². The number of thiophene rings is 1. The van der Waals surface area contributed by atoms with E-state index in [1.807, 2.05) is 24.3 Å². The molecule has 1 N–H and O–H groups in total. The van der Waals surface area contributed by atoms with Crippen LogP contribution in [0.2, 0.25) is 0 Å². The third-order valence-corrected chi connectivity index (χ3v) is 10.4. The number of aromatic nitrogens is 2. The van der Waals surface area contributed by atoms with E-state index in [4.69, 9.17) is 20.0 Å². The van der Waals surface area contributed by atoms with Crippen LogP contribution in [0.3, 0.4) is 0 Å². The first-order valence-electron chi connectivity index (χ1n) is 17.0. The van der Waals surface area contributed by atoms with E-state index in [1.165, 1.54) is 10.3 Å². The van der Waals surface area contributed by atoms with Gasteiger partial charge in [0.05, 0.1) is 15.9 Å². The fourth-order valence-corrected chi connectivity index (χ4v) is 7.78. The summed E-state index contributed by atoms with van der Waals surface area (Å²) in [4.78, 5) is 20.8. The smallest absolute Gasteiger partial charge is 0.169 e. The van der Waals surface area contributed by atoms with Crippen LogP contribution in [0.15, 0.2) is 167 Å². The van der Waals surface area contributed by atoms with Crippen molar-refractivity contribution in [3.63, 3.8) is 0 Å². The van der Waals surface area contributed by atoms with Crippen molar-refractivity contribution in [1.29, 1.82) is 0 Å². The average molecular weight is 664 g/mol. The Morgan fingerprint density at radius 2 is 1.34 bits per heavy atom. The molecule has 0 spiro atoms. The van der Waals surface area contributed by atoms with Gasteiger partial charge in [0.2, 0.25) is 0 Å². The lowest BCUT2D eigenvalue weighted by Gasteiger charge is -2.24. The number of benzene rings is 5. The summed E-state index contributed by atoms with van der Waals surface area (Å²) in [5, 5.41) is 4.67. The van der Waals surface area contributed by atoms with Gasteiger partial charge in [-0.2, -0.15) is 0 Å². The van der Waals surface area contributed by atoms with Crippen molar-refractivity contribution < 1.29 is 0 Å². The highest BCUT2D eigenvalue weighted by Gasteiger charge is 2.23. The van der Waals surface area contributed by atoms with Crippen molar-refractivity contribution in [2.45, 2.75) is 19.5 Å². The number of nitrogens with zero attached hydrogens (tertiary/aromatic N) is 4. The Balaban J connectivity index is 1.18. The molecule has 2 aromatic heterocycles. The van der Waals surface area contributed by atoms with Crippen molar-refractivity contribution in [2.75, 3.05) is 0 Å². The number of amidine groups is 2. The minimum absolute atomic E-state index is 0.428. The molecule has 5 aromatic carbocycles. The molecule has 6 heteroatoms. The molecule has 0 radical (unpaired) electrons. The van der Waals surface area contributed by atoms with E-state index >= 15 is 0 Å². The van der Waals surface area contributed by atoms with E-state index in [0.29, 0.717) is 11.7 Å². The number of hydrogen-bond acceptors (Lipinski definition) is 6. The fourth-order valence-electron chi connectivity index (χ4n) is 6.62. The maximum atomic E-state index is 5.31. The van der Waals surface area contributed by atoms with Crippen LogP contribution in [0.1, 0.15) is 30.6 Å². The maximum Gasteiger partial charge on any atom is 0.169 e. The zero-order valence-electron chi connectivity index (χ0n) is 27.5. The number of nitrogens with one attached hydrogen (secondary N) is 1. The molecule has 0 saturated heterocycles. The normalized spacial score (nSPS) is 17.3. The van der Waals surface area contributed by atoms with Gasteiger partial charge < -0.3 is 5.32 Å². The van der Waals surface area contributed by atoms with Gasteiger partial charge in [-0.3, -0.25) is 0 Å². The van der Waals surface area contributed by atoms with Gasteiger partial charge in [0.1, 0.15) is 11.7 Å². The number of allylic oxidation sites excluding steroid dienone is 2. The zero-order valence-corrected chi connectivity index (χ0v) is 28.3. The minimum atomic E-state index is -0.428. The predicted octanol–water partition coefficient (Wildman–Crippen LogP) is 10.8. The lowest BCUT2D eigenvalue weighted by atomic mass is 9.97. The van der Waals surface area contributed by atoms with Crippen LogP contribution in [0, 0.1) is 5.92 Å². The molecule has 0 bridgehead atoms. The van der Waals surface area contributed by atoms with E-state index in [9.17, 15) is 0 Å². The number of fused-ring (bicyclic) bond motifs is 3. The van der Waals surface area contributed by atoms with Crippen molar-refractivity contribution in [1.82, 2.24) is 15.3 Å². The van der Waals surface area contributed by atoms with Gasteiger partial charge in [0.15, 0.2) is 12.0 Å². The molecule has 5 nitrogen and oxygen atoms in total. The van der Waals surface area contributed by atoms with E-state index in [-0.39, 0.29) is 0 Å². The summed E-state index contributed by atoms with van der Waals surface area (Å²) in [5.74, 6) is 2.84. The average Bonchev–Trinajstić information content (AvgIpc) is 3.57. The summed E-state index contributed by atoms with van der Waals surface area (Å²) in [5.41, 5.74) is 9.33. The Hall–Kier alpha value is -5.98. The first-order chi connectivity index (χ1) is 24.7. The van der Waals surface area contributed by atoms with Crippen LogP contribution in [0.25, 0.3) is 54.1 Å². The summed E-state index contributed by atoms with van der Waals surface area (Å²) >= 11 is 1.75. The molecule has 0 saturated carbocycles. The largest absolute Gasteiger partial charge is 0.324 e. The van der Waals surface area contributed by atoms with Crippen LogP contribution >= 0.6 is 11.3 Å². The first kappa shape index (κ1) is 30.1. The van der Waals surface area contributed by atoms with Crippen LogP contribution in [0.4, 0.5) is 0 Å². The van der Waals surface area contributed by atoms with Crippen LogP contribution < -0.4 is 5.32 Å². The maximum absolute atomic E-state index is 5.31. The Morgan fingerprint density at radius 1 is 0.640 bits per heavy atom. The van der Waals surface area contributed by atoms with Gasteiger partial charge in [0, 0.05) is 32.3 Å². The minimum Gasteiger partial charge on any atom is -0.324 e. The zero-order chi connectivity index (χ0) is 33.4. The molecule has 2 aliphatic rings. The first-order valence-corrected chi connectivity index (χ1v) is 17.8. The molecule has 240 valence electrons. The molecule has 7 aromatic rings. The van der Waals surface area contributed by atoms with Gasteiger partial charge in [-0.25, -0.2) is 20.0 Å². The molecular weight excluding hydrogens is 631 g/mol. The van der Waals surface area contributed by atoms with Crippen LogP contribution in [-0.2, 0) is 0 Å². The van der Waals surface area contributed by atoms with Crippen LogP contribution in [0.5, 0.6) is 0 Å². The van der Waals surface area contributed by atoms with Crippen molar-refractivity contribution in [3.8, 4) is 33.8 Å². The van der Waals surface area contributed by atoms with E-state index < -0.39 is 6.17 Å². The fraction of sp³-hybridized carbons (Fsp3) is 0.0909. The molecule has 0 amide bonds.